The van der Waals surface area contributed by atoms with Crippen molar-refractivity contribution in [1.82, 2.24) is 5.32 Å². The van der Waals surface area contributed by atoms with E-state index in [0.717, 1.165) is 38.5 Å². The summed E-state index contributed by atoms with van der Waals surface area (Å²) < 4.78 is 5.78. The third-order valence-electron chi connectivity index (χ3n) is 4.59. The molecule has 120 valence electrons. The molecule has 2 aliphatic rings. The van der Waals surface area contributed by atoms with Gasteiger partial charge in [-0.1, -0.05) is 24.4 Å². The third kappa shape index (κ3) is 3.55. The van der Waals surface area contributed by atoms with Crippen LogP contribution in [0.2, 0.25) is 5.02 Å². The molecule has 2 fully saturated rings. The molecule has 2 saturated carbocycles. The molecule has 2 N–H and O–H groups in total. The Morgan fingerprint density at radius 3 is 2.59 bits per heavy atom. The van der Waals surface area contributed by atoms with Crippen LogP contribution in [-0.4, -0.2) is 29.3 Å². The van der Waals surface area contributed by atoms with Crippen molar-refractivity contribution in [1.29, 1.82) is 0 Å². The topological polar surface area (TPSA) is 58.6 Å². The Bertz CT molecular complexity index is 545. The molecule has 2 aliphatic carbocycles. The molecular formula is C17H22ClNO3. The van der Waals surface area contributed by atoms with Crippen LogP contribution in [0.3, 0.4) is 0 Å². The number of nitrogens with one attached hydrogen (secondary N) is 1. The van der Waals surface area contributed by atoms with Gasteiger partial charge in [0.05, 0.1) is 28.8 Å². The smallest absolute Gasteiger partial charge is 0.253 e. The molecule has 0 radical (unpaired) electrons. The van der Waals surface area contributed by atoms with Gasteiger partial charge in [-0.25, -0.2) is 0 Å². The summed E-state index contributed by atoms with van der Waals surface area (Å²) in [6, 6.07) is 5.01. The number of hydrogen-bond acceptors (Lipinski definition) is 3. The number of benzene rings is 1. The molecule has 4 nitrogen and oxygen atoms in total. The van der Waals surface area contributed by atoms with Crippen LogP contribution in [0.15, 0.2) is 18.2 Å². The molecule has 5 heteroatoms. The van der Waals surface area contributed by atoms with E-state index in [4.69, 9.17) is 16.3 Å². The second-order valence-electron chi connectivity index (χ2n) is 6.24. The number of aliphatic hydroxyl groups excluding tert-OH is 1. The molecule has 0 spiro atoms. The number of carbonyl (C=O) groups is 1. The highest BCUT2D eigenvalue weighted by atomic mass is 35.5. The fraction of sp³-hybridized carbons (Fsp3) is 0.588. The summed E-state index contributed by atoms with van der Waals surface area (Å²) in [5.74, 6) is 0.482. The second-order valence-corrected chi connectivity index (χ2v) is 6.65. The molecule has 2 atom stereocenters. The van der Waals surface area contributed by atoms with Crippen molar-refractivity contribution in [2.75, 3.05) is 0 Å². The Hall–Kier alpha value is -1.26. The van der Waals surface area contributed by atoms with Crippen LogP contribution in [-0.2, 0) is 0 Å². The SMILES string of the molecule is O=C(NC1CCCCC1O)c1ccc(OC2CCC2)cc1Cl. The van der Waals surface area contributed by atoms with Crippen molar-refractivity contribution < 1.29 is 14.6 Å². The minimum absolute atomic E-state index is 0.178. The second kappa shape index (κ2) is 6.88. The Labute approximate surface area is 135 Å². The first-order chi connectivity index (χ1) is 10.6. The predicted octanol–water partition coefficient (Wildman–Crippen LogP) is 3.30. The van der Waals surface area contributed by atoms with Crippen LogP contribution in [0.25, 0.3) is 0 Å². The Morgan fingerprint density at radius 1 is 1.18 bits per heavy atom. The highest BCUT2D eigenvalue weighted by Gasteiger charge is 2.26. The first-order valence-corrected chi connectivity index (χ1v) is 8.46. The molecule has 1 aromatic carbocycles. The first-order valence-electron chi connectivity index (χ1n) is 8.08. The molecule has 0 bridgehead atoms. The van der Waals surface area contributed by atoms with Gasteiger partial charge in [0.2, 0.25) is 0 Å². The standard InChI is InChI=1S/C17H22ClNO3/c18-14-10-12(22-11-4-3-5-11)8-9-13(14)17(21)19-15-6-1-2-7-16(15)20/h8-11,15-16,20H,1-7H2,(H,19,21). The number of aliphatic hydroxyl groups is 1. The largest absolute Gasteiger partial charge is 0.490 e. The molecule has 2 unspecified atom stereocenters. The summed E-state index contributed by atoms with van der Waals surface area (Å²) in [4.78, 5) is 12.3. The summed E-state index contributed by atoms with van der Waals surface area (Å²) in [6.07, 6.45) is 6.80. The number of amides is 1. The fourth-order valence-electron chi connectivity index (χ4n) is 2.96. The Morgan fingerprint density at radius 2 is 1.95 bits per heavy atom. The van der Waals surface area contributed by atoms with E-state index in [-0.39, 0.29) is 18.1 Å². The average Bonchev–Trinajstić information content (AvgIpc) is 2.45. The van der Waals surface area contributed by atoms with Gasteiger partial charge in [0.1, 0.15) is 5.75 Å². The van der Waals surface area contributed by atoms with Gasteiger partial charge >= 0.3 is 0 Å². The molecule has 0 aliphatic heterocycles. The average molecular weight is 324 g/mol. The molecule has 1 aromatic rings. The maximum Gasteiger partial charge on any atom is 0.253 e. The lowest BCUT2D eigenvalue weighted by atomic mass is 9.92. The van der Waals surface area contributed by atoms with E-state index in [1.807, 2.05) is 0 Å². The molecular weight excluding hydrogens is 302 g/mol. The Kier molecular flexibility index (Phi) is 4.89. The monoisotopic (exact) mass is 323 g/mol. The van der Waals surface area contributed by atoms with Gasteiger partial charge in [-0.15, -0.1) is 0 Å². The number of carbonyl (C=O) groups excluding carboxylic acids is 1. The zero-order valence-corrected chi connectivity index (χ0v) is 13.3. The number of rotatable bonds is 4. The molecule has 0 heterocycles. The van der Waals surface area contributed by atoms with E-state index >= 15 is 0 Å². The van der Waals surface area contributed by atoms with Crippen LogP contribution in [0.5, 0.6) is 5.75 Å². The summed E-state index contributed by atoms with van der Waals surface area (Å²) >= 11 is 6.22. The van der Waals surface area contributed by atoms with Crippen LogP contribution in [0, 0.1) is 0 Å². The quantitative estimate of drug-likeness (QED) is 0.893. The third-order valence-corrected chi connectivity index (χ3v) is 4.90. The lowest BCUT2D eigenvalue weighted by molar-refractivity contribution is 0.0717. The summed E-state index contributed by atoms with van der Waals surface area (Å²) in [5, 5.41) is 13.2. The van der Waals surface area contributed by atoms with Crippen molar-refractivity contribution in [2.24, 2.45) is 0 Å². The van der Waals surface area contributed by atoms with Crippen molar-refractivity contribution in [2.45, 2.75) is 63.2 Å². The fourth-order valence-corrected chi connectivity index (χ4v) is 3.22. The number of hydrogen-bond donors (Lipinski definition) is 2. The van der Waals surface area contributed by atoms with E-state index in [0.29, 0.717) is 16.3 Å². The van der Waals surface area contributed by atoms with Crippen LogP contribution in [0.1, 0.15) is 55.3 Å². The van der Waals surface area contributed by atoms with Crippen molar-refractivity contribution in [3.8, 4) is 5.75 Å². The predicted molar refractivity (Wildman–Crippen MR) is 85.4 cm³/mol. The lowest BCUT2D eigenvalue weighted by Crippen LogP contribution is -2.45. The van der Waals surface area contributed by atoms with Gasteiger partial charge in [-0.05, 0) is 50.3 Å². The Balaban J connectivity index is 1.64. The van der Waals surface area contributed by atoms with Crippen LogP contribution < -0.4 is 10.1 Å². The maximum absolute atomic E-state index is 12.3. The van der Waals surface area contributed by atoms with Crippen LogP contribution >= 0.6 is 11.6 Å². The summed E-state index contributed by atoms with van der Waals surface area (Å²) in [6.45, 7) is 0. The maximum atomic E-state index is 12.3. The molecule has 22 heavy (non-hydrogen) atoms. The molecule has 1 amide bonds. The zero-order valence-electron chi connectivity index (χ0n) is 12.6. The van der Waals surface area contributed by atoms with Crippen LogP contribution in [0.4, 0.5) is 0 Å². The van der Waals surface area contributed by atoms with E-state index in [9.17, 15) is 9.90 Å². The minimum Gasteiger partial charge on any atom is -0.490 e. The van der Waals surface area contributed by atoms with E-state index in [2.05, 4.69) is 5.32 Å². The normalized spacial score (nSPS) is 25.4. The molecule has 0 saturated heterocycles. The summed E-state index contributed by atoms with van der Waals surface area (Å²) in [7, 11) is 0. The van der Waals surface area contributed by atoms with Gasteiger partial charge in [-0.2, -0.15) is 0 Å². The van der Waals surface area contributed by atoms with E-state index in [1.54, 1.807) is 18.2 Å². The minimum atomic E-state index is -0.460. The highest BCUT2D eigenvalue weighted by molar-refractivity contribution is 6.34. The van der Waals surface area contributed by atoms with Gasteiger partial charge in [0, 0.05) is 0 Å². The molecule has 3 rings (SSSR count). The van der Waals surface area contributed by atoms with Gasteiger partial charge in [0.25, 0.3) is 5.91 Å². The van der Waals surface area contributed by atoms with Gasteiger partial charge in [-0.3, -0.25) is 4.79 Å². The van der Waals surface area contributed by atoms with Crippen molar-refractivity contribution in [3.63, 3.8) is 0 Å². The summed E-state index contributed by atoms with van der Waals surface area (Å²) in [5.41, 5.74) is 0.431. The van der Waals surface area contributed by atoms with Crippen molar-refractivity contribution >= 4 is 17.5 Å². The number of halogens is 1. The van der Waals surface area contributed by atoms with Gasteiger partial charge < -0.3 is 15.2 Å². The van der Waals surface area contributed by atoms with Gasteiger partial charge in [0.15, 0.2) is 0 Å². The van der Waals surface area contributed by atoms with E-state index in [1.165, 1.54) is 6.42 Å². The van der Waals surface area contributed by atoms with Crippen molar-refractivity contribution in [3.05, 3.63) is 28.8 Å². The molecule has 0 aromatic heterocycles. The van der Waals surface area contributed by atoms with E-state index < -0.39 is 6.10 Å². The zero-order chi connectivity index (χ0) is 15.5. The number of ether oxygens (including phenoxy) is 1. The highest BCUT2D eigenvalue weighted by Crippen LogP contribution is 2.28. The lowest BCUT2D eigenvalue weighted by Gasteiger charge is -2.28. The first kappa shape index (κ1) is 15.6.